The van der Waals surface area contributed by atoms with E-state index in [-0.39, 0.29) is 6.42 Å². The van der Waals surface area contributed by atoms with Crippen molar-refractivity contribution < 1.29 is 0 Å². The largest absolute Gasteiger partial charge is 0.329 e. The van der Waals surface area contributed by atoms with Crippen LogP contribution in [0.3, 0.4) is 0 Å². The molecular formula is C14H14ClN3. The van der Waals surface area contributed by atoms with Crippen molar-refractivity contribution in [2.75, 3.05) is 0 Å². The first-order chi connectivity index (χ1) is 8.67. The molecule has 3 nitrogen and oxygen atoms in total. The molecule has 0 aliphatic carbocycles. The molecule has 0 amide bonds. The molecule has 4 heteroatoms. The van der Waals surface area contributed by atoms with E-state index in [0.29, 0.717) is 5.15 Å². The number of halogens is 1. The molecule has 92 valence electrons. The van der Waals surface area contributed by atoms with Gasteiger partial charge in [-0.1, -0.05) is 42.8 Å². The molecular weight excluding hydrogens is 246 g/mol. The predicted octanol–water partition coefficient (Wildman–Crippen LogP) is 3.37. The van der Waals surface area contributed by atoms with Crippen LogP contribution in [0.1, 0.15) is 18.2 Å². The minimum absolute atomic E-state index is 0.273. The fourth-order valence-electron chi connectivity index (χ4n) is 1.91. The van der Waals surface area contributed by atoms with Crippen LogP contribution in [0.5, 0.6) is 0 Å². The molecule has 1 aromatic heterocycles. The maximum atomic E-state index is 8.77. The van der Waals surface area contributed by atoms with Crippen molar-refractivity contribution in [3.8, 4) is 17.5 Å². The van der Waals surface area contributed by atoms with Crippen LogP contribution in [0, 0.1) is 11.3 Å². The predicted molar refractivity (Wildman–Crippen MR) is 72.3 cm³/mol. The quantitative estimate of drug-likeness (QED) is 0.848. The number of hydrogen-bond donors (Lipinski definition) is 0. The van der Waals surface area contributed by atoms with E-state index in [4.69, 9.17) is 16.9 Å². The maximum absolute atomic E-state index is 8.77. The average Bonchev–Trinajstić information content (AvgIpc) is 2.67. The number of aryl methyl sites for hydroxylation is 1. The summed E-state index contributed by atoms with van der Waals surface area (Å²) >= 11 is 6.05. The number of rotatable bonds is 3. The Morgan fingerprint density at radius 1 is 1.33 bits per heavy atom. The lowest BCUT2D eigenvalue weighted by Gasteiger charge is -2.04. The highest BCUT2D eigenvalue weighted by atomic mass is 35.5. The Kier molecular flexibility index (Phi) is 3.69. The molecule has 0 radical (unpaired) electrons. The molecule has 0 aliphatic rings. The molecule has 0 spiro atoms. The first-order valence-corrected chi connectivity index (χ1v) is 6.22. The van der Waals surface area contributed by atoms with Crippen LogP contribution in [-0.4, -0.2) is 9.55 Å². The molecule has 0 bridgehead atoms. The Morgan fingerprint density at radius 3 is 2.56 bits per heavy atom. The topological polar surface area (TPSA) is 41.6 Å². The van der Waals surface area contributed by atoms with Crippen LogP contribution in [0.15, 0.2) is 24.3 Å². The van der Waals surface area contributed by atoms with E-state index >= 15 is 0 Å². The second-order valence-electron chi connectivity index (χ2n) is 4.12. The van der Waals surface area contributed by atoms with E-state index in [2.05, 4.69) is 30.1 Å². The fourth-order valence-corrected chi connectivity index (χ4v) is 2.19. The lowest BCUT2D eigenvalue weighted by molar-refractivity contribution is 0.864. The van der Waals surface area contributed by atoms with E-state index in [0.717, 1.165) is 23.5 Å². The van der Waals surface area contributed by atoms with Crippen LogP contribution in [0.25, 0.3) is 11.4 Å². The van der Waals surface area contributed by atoms with Gasteiger partial charge in [-0.05, 0) is 12.0 Å². The van der Waals surface area contributed by atoms with Gasteiger partial charge < -0.3 is 4.57 Å². The van der Waals surface area contributed by atoms with Gasteiger partial charge in [0.1, 0.15) is 5.82 Å². The smallest absolute Gasteiger partial charge is 0.152 e. The maximum Gasteiger partial charge on any atom is 0.152 e. The second-order valence-corrected chi connectivity index (χ2v) is 4.48. The summed E-state index contributed by atoms with van der Waals surface area (Å²) in [6.45, 7) is 2.12. The van der Waals surface area contributed by atoms with Crippen molar-refractivity contribution >= 4 is 11.6 Å². The molecule has 18 heavy (non-hydrogen) atoms. The third-order valence-corrected chi connectivity index (χ3v) is 3.33. The van der Waals surface area contributed by atoms with E-state index in [9.17, 15) is 0 Å². The van der Waals surface area contributed by atoms with E-state index in [1.165, 1.54) is 5.56 Å². The molecule has 0 fully saturated rings. The van der Waals surface area contributed by atoms with E-state index < -0.39 is 0 Å². The summed E-state index contributed by atoms with van der Waals surface area (Å²) in [4.78, 5) is 4.33. The van der Waals surface area contributed by atoms with Crippen molar-refractivity contribution in [1.82, 2.24) is 9.55 Å². The van der Waals surface area contributed by atoms with Gasteiger partial charge in [-0.15, -0.1) is 0 Å². The summed E-state index contributed by atoms with van der Waals surface area (Å²) in [5.74, 6) is 0.799. The Hall–Kier alpha value is -1.79. The Balaban J connectivity index is 2.44. The minimum Gasteiger partial charge on any atom is -0.329 e. The molecule has 1 heterocycles. The molecule has 0 saturated heterocycles. The zero-order chi connectivity index (χ0) is 13.1. The summed E-state index contributed by atoms with van der Waals surface area (Å²) < 4.78 is 1.88. The monoisotopic (exact) mass is 259 g/mol. The fraction of sp³-hybridized carbons (Fsp3) is 0.286. The first kappa shape index (κ1) is 12.7. The highest BCUT2D eigenvalue weighted by molar-refractivity contribution is 6.30. The number of nitrogens with zero attached hydrogens (tertiary/aromatic N) is 3. The zero-order valence-electron chi connectivity index (χ0n) is 10.4. The summed E-state index contributed by atoms with van der Waals surface area (Å²) in [5, 5.41) is 9.18. The number of nitriles is 1. The normalized spacial score (nSPS) is 10.3. The lowest BCUT2D eigenvalue weighted by atomic mass is 10.1. The summed E-state index contributed by atoms with van der Waals surface area (Å²) in [7, 11) is 1.88. The van der Waals surface area contributed by atoms with Gasteiger partial charge in [0.25, 0.3) is 0 Å². The SMILES string of the molecule is CCc1ccc(-c2nc(Cl)c(CC#N)n2C)cc1. The van der Waals surface area contributed by atoms with Crippen molar-refractivity contribution in [2.45, 2.75) is 19.8 Å². The van der Waals surface area contributed by atoms with Crippen LogP contribution >= 0.6 is 11.6 Å². The standard InChI is InChI=1S/C14H14ClN3/c1-3-10-4-6-11(7-5-10)14-17-13(15)12(8-9-16)18(14)2/h4-7H,3,8H2,1-2H3. The lowest BCUT2D eigenvalue weighted by Crippen LogP contribution is -1.98. The van der Waals surface area contributed by atoms with E-state index in [1.807, 2.05) is 23.7 Å². The molecule has 0 atom stereocenters. The average molecular weight is 260 g/mol. The third kappa shape index (κ3) is 2.25. The zero-order valence-corrected chi connectivity index (χ0v) is 11.2. The van der Waals surface area contributed by atoms with Gasteiger partial charge in [-0.3, -0.25) is 0 Å². The van der Waals surface area contributed by atoms with Crippen molar-refractivity contribution in [1.29, 1.82) is 5.26 Å². The molecule has 0 aliphatic heterocycles. The molecule has 1 aromatic carbocycles. The molecule has 2 aromatic rings. The van der Waals surface area contributed by atoms with Gasteiger partial charge in [0, 0.05) is 12.6 Å². The Bertz CT molecular complexity index is 591. The van der Waals surface area contributed by atoms with Crippen molar-refractivity contribution in [3.05, 3.63) is 40.7 Å². The van der Waals surface area contributed by atoms with Gasteiger partial charge in [0.05, 0.1) is 18.2 Å². The van der Waals surface area contributed by atoms with Crippen LogP contribution < -0.4 is 0 Å². The van der Waals surface area contributed by atoms with Gasteiger partial charge >= 0.3 is 0 Å². The van der Waals surface area contributed by atoms with E-state index in [1.54, 1.807) is 0 Å². The summed E-state index contributed by atoms with van der Waals surface area (Å²) in [6, 6.07) is 10.3. The van der Waals surface area contributed by atoms with Gasteiger partial charge in [0.15, 0.2) is 5.15 Å². The van der Waals surface area contributed by atoms with Gasteiger partial charge in [0.2, 0.25) is 0 Å². The Labute approximate surface area is 112 Å². The van der Waals surface area contributed by atoms with Crippen LogP contribution in [-0.2, 0) is 19.9 Å². The van der Waals surface area contributed by atoms with Crippen LogP contribution in [0.4, 0.5) is 0 Å². The number of benzene rings is 1. The minimum atomic E-state index is 0.273. The number of aromatic nitrogens is 2. The van der Waals surface area contributed by atoms with Crippen molar-refractivity contribution in [2.24, 2.45) is 7.05 Å². The molecule has 0 unspecified atom stereocenters. The number of hydrogen-bond acceptors (Lipinski definition) is 2. The molecule has 0 saturated carbocycles. The highest BCUT2D eigenvalue weighted by Crippen LogP contribution is 2.25. The number of imidazole rings is 1. The Morgan fingerprint density at radius 2 is 2.00 bits per heavy atom. The van der Waals surface area contributed by atoms with Gasteiger partial charge in [-0.2, -0.15) is 5.26 Å². The van der Waals surface area contributed by atoms with Gasteiger partial charge in [-0.25, -0.2) is 4.98 Å². The molecule has 0 N–H and O–H groups in total. The summed E-state index contributed by atoms with van der Waals surface area (Å²) in [6.07, 6.45) is 1.29. The second kappa shape index (κ2) is 5.24. The first-order valence-electron chi connectivity index (χ1n) is 5.84. The van der Waals surface area contributed by atoms with Crippen LogP contribution in [0.2, 0.25) is 5.15 Å². The third-order valence-electron chi connectivity index (χ3n) is 3.03. The highest BCUT2D eigenvalue weighted by Gasteiger charge is 2.13. The summed E-state index contributed by atoms with van der Waals surface area (Å²) in [5.41, 5.74) is 3.06. The molecule has 2 rings (SSSR count). The van der Waals surface area contributed by atoms with Crippen molar-refractivity contribution in [3.63, 3.8) is 0 Å².